The van der Waals surface area contributed by atoms with E-state index in [1.165, 1.54) is 0 Å². The summed E-state index contributed by atoms with van der Waals surface area (Å²) in [5, 5.41) is 6.80. The number of benzene rings is 1. The smallest absolute Gasteiger partial charge is 0.276 e. The minimum absolute atomic E-state index is 0.206. The van der Waals surface area contributed by atoms with E-state index in [9.17, 15) is 9.59 Å². The molecular formula is C17H17N3O3. The predicted molar refractivity (Wildman–Crippen MR) is 86.7 cm³/mol. The molecule has 0 radical (unpaired) electrons. The lowest BCUT2D eigenvalue weighted by Crippen LogP contribution is -2.23. The molecule has 0 saturated heterocycles. The van der Waals surface area contributed by atoms with Crippen LogP contribution in [0.3, 0.4) is 0 Å². The molecule has 0 atom stereocenters. The van der Waals surface area contributed by atoms with Crippen molar-refractivity contribution in [3.63, 3.8) is 0 Å². The third-order valence-corrected chi connectivity index (χ3v) is 3.74. The standard InChI is InChI=1S/C17H17N3O3/c1-8-5-9(2)14-13(6-8)15(17(22)18-14)19-20-16(21)12-7-10(3)23-11(12)4/h5-7H,1-4H3,(H,20,21)(H,18,19,22). The van der Waals surface area contributed by atoms with Crippen LogP contribution in [-0.4, -0.2) is 17.5 Å². The molecule has 0 fully saturated rings. The monoisotopic (exact) mass is 311 g/mol. The molecule has 0 saturated carbocycles. The summed E-state index contributed by atoms with van der Waals surface area (Å²) in [6.45, 7) is 7.34. The molecule has 1 aromatic carbocycles. The predicted octanol–water partition coefficient (Wildman–Crippen LogP) is 2.60. The van der Waals surface area contributed by atoms with E-state index in [-0.39, 0.29) is 11.6 Å². The maximum absolute atomic E-state index is 12.2. The second kappa shape index (κ2) is 5.39. The summed E-state index contributed by atoms with van der Waals surface area (Å²) in [6.07, 6.45) is 0. The number of fused-ring (bicyclic) bond motifs is 1. The summed E-state index contributed by atoms with van der Waals surface area (Å²) >= 11 is 0. The third kappa shape index (κ3) is 2.63. The second-order valence-electron chi connectivity index (χ2n) is 5.69. The van der Waals surface area contributed by atoms with Gasteiger partial charge in [-0.05, 0) is 45.4 Å². The molecule has 0 unspecified atom stereocenters. The van der Waals surface area contributed by atoms with Crippen molar-refractivity contribution in [2.45, 2.75) is 27.7 Å². The van der Waals surface area contributed by atoms with E-state index >= 15 is 0 Å². The minimum Gasteiger partial charge on any atom is -0.466 e. The number of furan rings is 1. The van der Waals surface area contributed by atoms with Crippen molar-refractivity contribution < 1.29 is 14.0 Å². The zero-order valence-electron chi connectivity index (χ0n) is 13.4. The summed E-state index contributed by atoms with van der Waals surface area (Å²) in [6, 6.07) is 5.50. The van der Waals surface area contributed by atoms with E-state index in [0.29, 0.717) is 22.6 Å². The van der Waals surface area contributed by atoms with Crippen LogP contribution in [0.25, 0.3) is 0 Å². The van der Waals surface area contributed by atoms with Crippen molar-refractivity contribution in [2.75, 3.05) is 5.32 Å². The Kier molecular flexibility index (Phi) is 3.52. The Balaban J connectivity index is 1.91. The van der Waals surface area contributed by atoms with Crippen LogP contribution in [-0.2, 0) is 4.79 Å². The maximum atomic E-state index is 12.2. The molecule has 0 aliphatic carbocycles. The largest absolute Gasteiger partial charge is 0.466 e. The van der Waals surface area contributed by atoms with Gasteiger partial charge in [0, 0.05) is 5.56 Å². The van der Waals surface area contributed by atoms with Gasteiger partial charge in [-0.3, -0.25) is 9.59 Å². The van der Waals surface area contributed by atoms with Crippen LogP contribution in [0.15, 0.2) is 27.7 Å². The highest BCUT2D eigenvalue weighted by Crippen LogP contribution is 2.28. The summed E-state index contributed by atoms with van der Waals surface area (Å²) in [5.74, 6) is 0.435. The SMILES string of the molecule is Cc1cc(C)c2c(c1)/C(=N/NC(=O)c1cc(C)oc1C)C(=O)N2. The van der Waals surface area contributed by atoms with E-state index in [2.05, 4.69) is 15.8 Å². The van der Waals surface area contributed by atoms with Crippen LogP contribution in [0.2, 0.25) is 0 Å². The van der Waals surface area contributed by atoms with Crippen LogP contribution in [0, 0.1) is 27.7 Å². The van der Waals surface area contributed by atoms with E-state index in [0.717, 1.165) is 16.8 Å². The highest BCUT2D eigenvalue weighted by Gasteiger charge is 2.28. The van der Waals surface area contributed by atoms with Crippen molar-refractivity contribution in [3.05, 3.63) is 52.0 Å². The van der Waals surface area contributed by atoms with Gasteiger partial charge in [-0.2, -0.15) is 5.10 Å². The topological polar surface area (TPSA) is 83.7 Å². The quantitative estimate of drug-likeness (QED) is 0.836. The maximum Gasteiger partial charge on any atom is 0.276 e. The average molecular weight is 311 g/mol. The number of aryl methyl sites for hydroxylation is 4. The van der Waals surface area contributed by atoms with Crippen LogP contribution >= 0.6 is 0 Å². The van der Waals surface area contributed by atoms with Crippen molar-refractivity contribution >= 4 is 23.2 Å². The first kappa shape index (κ1) is 15.0. The van der Waals surface area contributed by atoms with Crippen molar-refractivity contribution in [1.29, 1.82) is 0 Å². The zero-order chi connectivity index (χ0) is 16.7. The van der Waals surface area contributed by atoms with Crippen LogP contribution in [0.5, 0.6) is 0 Å². The van der Waals surface area contributed by atoms with Gasteiger partial charge >= 0.3 is 0 Å². The highest BCUT2D eigenvalue weighted by molar-refractivity contribution is 6.54. The molecule has 1 aromatic heterocycles. The first-order valence-electron chi connectivity index (χ1n) is 7.25. The summed E-state index contributed by atoms with van der Waals surface area (Å²) < 4.78 is 5.33. The minimum atomic E-state index is -0.405. The molecule has 6 heteroatoms. The van der Waals surface area contributed by atoms with Crippen molar-refractivity contribution in [1.82, 2.24) is 5.43 Å². The van der Waals surface area contributed by atoms with Crippen molar-refractivity contribution in [2.24, 2.45) is 5.10 Å². The first-order chi connectivity index (χ1) is 10.9. The lowest BCUT2D eigenvalue weighted by atomic mass is 10.0. The van der Waals surface area contributed by atoms with Gasteiger partial charge < -0.3 is 9.73 Å². The molecule has 118 valence electrons. The third-order valence-electron chi connectivity index (χ3n) is 3.74. The number of rotatable bonds is 2. The molecule has 23 heavy (non-hydrogen) atoms. The Morgan fingerprint density at radius 2 is 1.91 bits per heavy atom. The Labute approximate surface area is 133 Å². The van der Waals surface area contributed by atoms with Gasteiger partial charge in [0.05, 0.1) is 11.3 Å². The van der Waals surface area contributed by atoms with Crippen LogP contribution in [0.4, 0.5) is 5.69 Å². The normalized spacial score (nSPS) is 14.8. The number of hydrogen-bond donors (Lipinski definition) is 2. The molecule has 2 heterocycles. The Bertz CT molecular complexity index is 862. The number of hydrogen-bond acceptors (Lipinski definition) is 4. The molecule has 2 amide bonds. The number of carbonyl (C=O) groups is 2. The Morgan fingerprint density at radius 3 is 2.57 bits per heavy atom. The van der Waals surface area contributed by atoms with Gasteiger partial charge in [-0.15, -0.1) is 0 Å². The number of carbonyl (C=O) groups excluding carboxylic acids is 2. The number of hydrazone groups is 1. The summed E-state index contributed by atoms with van der Waals surface area (Å²) in [4.78, 5) is 24.3. The molecule has 0 spiro atoms. The number of amides is 2. The fourth-order valence-corrected chi connectivity index (χ4v) is 2.75. The molecule has 3 rings (SSSR count). The number of nitrogens with zero attached hydrogens (tertiary/aromatic N) is 1. The van der Waals surface area contributed by atoms with E-state index in [1.54, 1.807) is 19.9 Å². The Hall–Kier alpha value is -2.89. The fourth-order valence-electron chi connectivity index (χ4n) is 2.75. The highest BCUT2D eigenvalue weighted by atomic mass is 16.3. The molecule has 2 aromatic rings. The molecule has 1 aliphatic heterocycles. The Morgan fingerprint density at radius 1 is 1.17 bits per heavy atom. The lowest BCUT2D eigenvalue weighted by Gasteiger charge is -2.04. The van der Waals surface area contributed by atoms with Gasteiger partial charge in [0.15, 0.2) is 5.71 Å². The number of nitrogens with one attached hydrogen (secondary N) is 2. The van der Waals surface area contributed by atoms with Crippen LogP contribution < -0.4 is 10.7 Å². The van der Waals surface area contributed by atoms with Gasteiger partial charge in [0.1, 0.15) is 11.5 Å². The summed E-state index contributed by atoms with van der Waals surface area (Å²) in [5.41, 5.74) is 6.48. The number of anilines is 1. The van der Waals surface area contributed by atoms with Gasteiger partial charge in [0.25, 0.3) is 11.8 Å². The molecular weight excluding hydrogens is 294 g/mol. The molecule has 2 N–H and O–H groups in total. The van der Waals surface area contributed by atoms with Gasteiger partial charge in [-0.25, -0.2) is 5.43 Å². The fraction of sp³-hybridized carbons (Fsp3) is 0.235. The molecule has 1 aliphatic rings. The zero-order valence-corrected chi connectivity index (χ0v) is 13.4. The molecule has 0 bridgehead atoms. The van der Waals surface area contributed by atoms with Crippen molar-refractivity contribution in [3.8, 4) is 0 Å². The van der Waals surface area contributed by atoms with E-state index in [1.807, 2.05) is 26.0 Å². The lowest BCUT2D eigenvalue weighted by molar-refractivity contribution is -0.110. The van der Waals surface area contributed by atoms with Gasteiger partial charge in [0.2, 0.25) is 0 Å². The average Bonchev–Trinajstić information content (AvgIpc) is 2.96. The van der Waals surface area contributed by atoms with Crippen LogP contribution in [0.1, 0.15) is 38.6 Å². The second-order valence-corrected chi connectivity index (χ2v) is 5.69. The van der Waals surface area contributed by atoms with E-state index in [4.69, 9.17) is 4.42 Å². The summed E-state index contributed by atoms with van der Waals surface area (Å²) in [7, 11) is 0. The van der Waals surface area contributed by atoms with E-state index < -0.39 is 5.91 Å². The molecule has 6 nitrogen and oxygen atoms in total. The first-order valence-corrected chi connectivity index (χ1v) is 7.25. The van der Waals surface area contributed by atoms with Gasteiger partial charge in [-0.1, -0.05) is 11.6 Å².